The number of nitrogens with zero attached hydrogens (tertiary/aromatic N) is 4. The number of hydrogen-bond acceptors (Lipinski definition) is 8. The zero-order chi connectivity index (χ0) is 18.6. The molecular formula is C16H25N5O4. The monoisotopic (exact) mass is 351 g/mol. The summed E-state index contributed by atoms with van der Waals surface area (Å²) < 4.78 is 5.09. The lowest BCUT2D eigenvalue weighted by Gasteiger charge is -2.32. The van der Waals surface area contributed by atoms with Crippen LogP contribution in [0.15, 0.2) is 6.33 Å². The molecule has 1 aliphatic rings. The van der Waals surface area contributed by atoms with Crippen molar-refractivity contribution >= 4 is 23.3 Å². The van der Waals surface area contributed by atoms with Gasteiger partial charge in [0.1, 0.15) is 6.33 Å². The fourth-order valence-electron chi connectivity index (χ4n) is 2.84. The van der Waals surface area contributed by atoms with Crippen molar-refractivity contribution < 1.29 is 14.5 Å². The van der Waals surface area contributed by atoms with E-state index < -0.39 is 4.92 Å². The highest BCUT2D eigenvalue weighted by molar-refractivity contribution is 5.75. The Hall–Kier alpha value is -2.45. The molecule has 1 aliphatic heterocycles. The highest BCUT2D eigenvalue weighted by atomic mass is 16.6. The lowest BCUT2D eigenvalue weighted by atomic mass is 9.98. The molecule has 1 aromatic rings. The summed E-state index contributed by atoms with van der Waals surface area (Å²) in [5.41, 5.74) is -0.548. The van der Waals surface area contributed by atoms with E-state index in [1.54, 1.807) is 11.8 Å². The summed E-state index contributed by atoms with van der Waals surface area (Å²) in [6.45, 7) is 8.73. The Morgan fingerprint density at radius 2 is 2.20 bits per heavy atom. The molecule has 0 bridgehead atoms. The Balaban J connectivity index is 2.33. The number of rotatable bonds is 5. The number of ether oxygens (including phenoxy) is 1. The van der Waals surface area contributed by atoms with Crippen molar-refractivity contribution in [2.24, 2.45) is 5.92 Å². The molecule has 1 aromatic heterocycles. The molecule has 138 valence electrons. The normalized spacial score (nSPS) is 17.9. The topological polar surface area (TPSA) is 110 Å². The standard InChI is InChI=1S/C16H25N5O4/c1-5-25-15(22)11-7-6-8-20(9-11)14-12(21(23)24)13(17-10-18-14)19-16(2,3)4/h10-11H,5-9H2,1-4H3,(H,17,18,19). The number of nitrogens with one attached hydrogen (secondary N) is 1. The molecule has 0 radical (unpaired) electrons. The van der Waals surface area contributed by atoms with Gasteiger partial charge in [-0.15, -0.1) is 0 Å². The zero-order valence-electron chi connectivity index (χ0n) is 15.1. The number of aromatic nitrogens is 2. The number of nitro groups is 1. The van der Waals surface area contributed by atoms with Gasteiger partial charge in [0.2, 0.25) is 11.6 Å². The molecule has 0 aliphatic carbocycles. The Kier molecular flexibility index (Phi) is 5.76. The molecule has 2 heterocycles. The van der Waals surface area contributed by atoms with E-state index in [2.05, 4.69) is 15.3 Å². The van der Waals surface area contributed by atoms with E-state index in [4.69, 9.17) is 4.74 Å². The van der Waals surface area contributed by atoms with E-state index in [-0.39, 0.29) is 34.7 Å². The molecule has 1 saturated heterocycles. The smallest absolute Gasteiger partial charge is 0.353 e. The van der Waals surface area contributed by atoms with Crippen LogP contribution in [0.1, 0.15) is 40.5 Å². The van der Waals surface area contributed by atoms with Crippen LogP contribution in [0.5, 0.6) is 0 Å². The second kappa shape index (κ2) is 7.62. The molecular weight excluding hydrogens is 326 g/mol. The third kappa shape index (κ3) is 4.77. The minimum atomic E-state index is -0.475. The van der Waals surface area contributed by atoms with Crippen LogP contribution in [0.2, 0.25) is 0 Å². The van der Waals surface area contributed by atoms with Gasteiger partial charge in [0.05, 0.1) is 17.4 Å². The molecule has 0 aromatic carbocycles. The Morgan fingerprint density at radius 3 is 2.80 bits per heavy atom. The molecule has 1 atom stereocenters. The summed E-state index contributed by atoms with van der Waals surface area (Å²) in [5.74, 6) is -0.152. The summed E-state index contributed by atoms with van der Waals surface area (Å²) in [6.07, 6.45) is 2.76. The van der Waals surface area contributed by atoms with Crippen LogP contribution in [0.4, 0.5) is 17.3 Å². The molecule has 0 amide bonds. The van der Waals surface area contributed by atoms with Crippen molar-refractivity contribution in [3.05, 3.63) is 16.4 Å². The molecule has 1 unspecified atom stereocenters. The van der Waals surface area contributed by atoms with Gasteiger partial charge in [-0.05, 0) is 40.5 Å². The summed E-state index contributed by atoms with van der Waals surface area (Å²) >= 11 is 0. The van der Waals surface area contributed by atoms with Gasteiger partial charge in [-0.1, -0.05) is 0 Å². The van der Waals surface area contributed by atoms with Gasteiger partial charge in [0.25, 0.3) is 0 Å². The number of carbonyl (C=O) groups is 1. The largest absolute Gasteiger partial charge is 0.466 e. The highest BCUT2D eigenvalue weighted by Crippen LogP contribution is 2.35. The lowest BCUT2D eigenvalue weighted by Crippen LogP contribution is -2.40. The van der Waals surface area contributed by atoms with Crippen LogP contribution in [-0.4, -0.2) is 46.1 Å². The predicted octanol–water partition coefficient (Wildman–Crippen LogP) is 2.37. The molecule has 0 saturated carbocycles. The quantitative estimate of drug-likeness (QED) is 0.489. The molecule has 9 heteroatoms. The first-order chi connectivity index (χ1) is 11.7. The van der Waals surface area contributed by atoms with Gasteiger partial charge in [0.15, 0.2) is 0 Å². The lowest BCUT2D eigenvalue weighted by molar-refractivity contribution is -0.383. The number of carbonyl (C=O) groups excluding carboxylic acids is 1. The van der Waals surface area contributed by atoms with Crippen molar-refractivity contribution in [3.8, 4) is 0 Å². The van der Waals surface area contributed by atoms with Gasteiger partial charge in [-0.2, -0.15) is 0 Å². The third-order valence-electron chi connectivity index (χ3n) is 3.82. The average molecular weight is 351 g/mol. The van der Waals surface area contributed by atoms with Crippen LogP contribution < -0.4 is 10.2 Å². The number of piperidine rings is 1. The maximum atomic E-state index is 12.0. The fourth-order valence-corrected chi connectivity index (χ4v) is 2.84. The van der Waals surface area contributed by atoms with Crippen LogP contribution >= 0.6 is 0 Å². The second-order valence-corrected chi connectivity index (χ2v) is 7.06. The van der Waals surface area contributed by atoms with E-state index >= 15 is 0 Å². The van der Waals surface area contributed by atoms with Gasteiger partial charge in [-0.25, -0.2) is 9.97 Å². The fraction of sp³-hybridized carbons (Fsp3) is 0.688. The van der Waals surface area contributed by atoms with E-state index in [0.717, 1.165) is 6.42 Å². The van der Waals surface area contributed by atoms with Gasteiger partial charge in [0, 0.05) is 18.6 Å². The summed E-state index contributed by atoms with van der Waals surface area (Å²) in [4.78, 5) is 33.2. The van der Waals surface area contributed by atoms with Crippen molar-refractivity contribution in [2.45, 2.75) is 46.1 Å². The second-order valence-electron chi connectivity index (χ2n) is 7.06. The van der Waals surface area contributed by atoms with Crippen molar-refractivity contribution in [1.29, 1.82) is 0 Å². The number of esters is 1. The zero-order valence-corrected chi connectivity index (χ0v) is 15.1. The molecule has 25 heavy (non-hydrogen) atoms. The Labute approximate surface area is 146 Å². The third-order valence-corrected chi connectivity index (χ3v) is 3.82. The SMILES string of the molecule is CCOC(=O)C1CCCN(c2ncnc(NC(C)(C)C)c2[N+](=O)[O-])C1. The minimum Gasteiger partial charge on any atom is -0.466 e. The molecule has 2 rings (SSSR count). The van der Waals surface area contributed by atoms with Crippen LogP contribution in [0, 0.1) is 16.0 Å². The molecule has 1 N–H and O–H groups in total. The highest BCUT2D eigenvalue weighted by Gasteiger charge is 2.33. The first-order valence-corrected chi connectivity index (χ1v) is 8.42. The maximum Gasteiger partial charge on any atom is 0.353 e. The minimum absolute atomic E-state index is 0.165. The van der Waals surface area contributed by atoms with Crippen molar-refractivity contribution in [1.82, 2.24) is 9.97 Å². The number of anilines is 2. The predicted molar refractivity (Wildman–Crippen MR) is 93.6 cm³/mol. The van der Waals surface area contributed by atoms with E-state index in [0.29, 0.717) is 26.1 Å². The average Bonchev–Trinajstić information content (AvgIpc) is 2.53. The summed E-state index contributed by atoms with van der Waals surface area (Å²) in [5, 5.41) is 14.7. The Bertz CT molecular complexity index is 644. The van der Waals surface area contributed by atoms with Gasteiger partial charge >= 0.3 is 11.7 Å². The van der Waals surface area contributed by atoms with E-state index in [9.17, 15) is 14.9 Å². The Morgan fingerprint density at radius 1 is 1.48 bits per heavy atom. The van der Waals surface area contributed by atoms with Crippen molar-refractivity contribution in [2.75, 3.05) is 29.9 Å². The first-order valence-electron chi connectivity index (χ1n) is 8.42. The first kappa shape index (κ1) is 18.9. The molecule has 1 fully saturated rings. The van der Waals surface area contributed by atoms with Crippen LogP contribution in [-0.2, 0) is 9.53 Å². The molecule has 0 spiro atoms. The molecule has 9 nitrogen and oxygen atoms in total. The van der Waals surface area contributed by atoms with Crippen molar-refractivity contribution in [3.63, 3.8) is 0 Å². The number of hydrogen-bond donors (Lipinski definition) is 1. The van der Waals surface area contributed by atoms with E-state index in [1.165, 1.54) is 6.33 Å². The van der Waals surface area contributed by atoms with E-state index in [1.807, 2.05) is 20.8 Å². The summed E-state index contributed by atoms with van der Waals surface area (Å²) in [6, 6.07) is 0. The van der Waals surface area contributed by atoms with Gasteiger partial charge in [-0.3, -0.25) is 14.9 Å². The summed E-state index contributed by atoms with van der Waals surface area (Å²) in [7, 11) is 0. The van der Waals surface area contributed by atoms with Crippen LogP contribution in [0.25, 0.3) is 0 Å². The van der Waals surface area contributed by atoms with Crippen LogP contribution in [0.3, 0.4) is 0 Å². The van der Waals surface area contributed by atoms with Gasteiger partial charge < -0.3 is 15.0 Å². The maximum absolute atomic E-state index is 12.0.